The SMILES string of the molecule is Cc1ccc2[nH]cc(C(C)CN)c2c1. The van der Waals surface area contributed by atoms with Gasteiger partial charge in [-0.25, -0.2) is 0 Å². The van der Waals surface area contributed by atoms with Crippen LogP contribution < -0.4 is 5.73 Å². The number of aryl methyl sites for hydroxylation is 1. The van der Waals surface area contributed by atoms with Crippen molar-refractivity contribution in [3.05, 3.63) is 35.5 Å². The lowest BCUT2D eigenvalue weighted by Gasteiger charge is -2.06. The van der Waals surface area contributed by atoms with Crippen LogP contribution in [0.1, 0.15) is 24.0 Å². The smallest absolute Gasteiger partial charge is 0.0457 e. The number of rotatable bonds is 2. The minimum absolute atomic E-state index is 0.422. The van der Waals surface area contributed by atoms with Crippen LogP contribution in [-0.2, 0) is 0 Å². The first-order chi connectivity index (χ1) is 6.72. The standard InChI is InChI=1S/C12H16N2/c1-8-3-4-12-10(5-8)11(7-14-12)9(2)6-13/h3-5,7,9,14H,6,13H2,1-2H3. The van der Waals surface area contributed by atoms with E-state index in [-0.39, 0.29) is 0 Å². The highest BCUT2D eigenvalue weighted by atomic mass is 14.7. The van der Waals surface area contributed by atoms with Crippen LogP contribution in [0.2, 0.25) is 0 Å². The molecular weight excluding hydrogens is 172 g/mol. The van der Waals surface area contributed by atoms with Crippen LogP contribution in [-0.4, -0.2) is 11.5 Å². The quantitative estimate of drug-likeness (QED) is 0.747. The van der Waals surface area contributed by atoms with Crippen LogP contribution in [0, 0.1) is 6.92 Å². The van der Waals surface area contributed by atoms with E-state index >= 15 is 0 Å². The predicted molar refractivity (Wildman–Crippen MR) is 60.5 cm³/mol. The third-order valence-corrected chi connectivity index (χ3v) is 2.75. The molecule has 0 saturated carbocycles. The Labute approximate surface area is 84.1 Å². The third-order valence-electron chi connectivity index (χ3n) is 2.75. The van der Waals surface area contributed by atoms with Crippen LogP contribution in [0.5, 0.6) is 0 Å². The van der Waals surface area contributed by atoms with Crippen molar-refractivity contribution in [3.8, 4) is 0 Å². The summed E-state index contributed by atoms with van der Waals surface area (Å²) in [6.07, 6.45) is 2.07. The molecule has 74 valence electrons. The molecule has 0 fully saturated rings. The molecule has 1 heterocycles. The first-order valence-corrected chi connectivity index (χ1v) is 5.00. The number of aromatic amines is 1. The van der Waals surface area contributed by atoms with Gasteiger partial charge in [0.1, 0.15) is 0 Å². The Hall–Kier alpha value is -1.28. The summed E-state index contributed by atoms with van der Waals surface area (Å²) in [6, 6.07) is 6.46. The van der Waals surface area contributed by atoms with Gasteiger partial charge in [0.2, 0.25) is 0 Å². The summed E-state index contributed by atoms with van der Waals surface area (Å²) in [5, 5.41) is 1.31. The van der Waals surface area contributed by atoms with Gasteiger partial charge in [0.05, 0.1) is 0 Å². The monoisotopic (exact) mass is 188 g/mol. The van der Waals surface area contributed by atoms with Crippen molar-refractivity contribution >= 4 is 10.9 Å². The molecular formula is C12H16N2. The number of fused-ring (bicyclic) bond motifs is 1. The molecule has 0 radical (unpaired) electrons. The fourth-order valence-electron chi connectivity index (χ4n) is 1.79. The molecule has 3 N–H and O–H groups in total. The van der Waals surface area contributed by atoms with Crippen LogP contribution >= 0.6 is 0 Å². The van der Waals surface area contributed by atoms with Crippen molar-refractivity contribution in [2.24, 2.45) is 5.73 Å². The molecule has 14 heavy (non-hydrogen) atoms. The van der Waals surface area contributed by atoms with Crippen molar-refractivity contribution in [3.63, 3.8) is 0 Å². The number of nitrogens with two attached hydrogens (primary N) is 1. The first kappa shape index (κ1) is 9.28. The zero-order chi connectivity index (χ0) is 10.1. The Morgan fingerprint density at radius 1 is 1.43 bits per heavy atom. The second kappa shape index (κ2) is 3.46. The third kappa shape index (κ3) is 1.42. The minimum atomic E-state index is 0.422. The molecule has 0 amide bonds. The Morgan fingerprint density at radius 3 is 2.93 bits per heavy atom. The van der Waals surface area contributed by atoms with Crippen molar-refractivity contribution in [2.75, 3.05) is 6.54 Å². The summed E-state index contributed by atoms with van der Waals surface area (Å²) in [7, 11) is 0. The highest BCUT2D eigenvalue weighted by molar-refractivity contribution is 5.84. The highest BCUT2D eigenvalue weighted by Crippen LogP contribution is 2.25. The summed E-state index contributed by atoms with van der Waals surface area (Å²) >= 11 is 0. The van der Waals surface area contributed by atoms with E-state index in [4.69, 9.17) is 5.73 Å². The Balaban J connectivity index is 2.61. The molecule has 1 aromatic carbocycles. The largest absolute Gasteiger partial charge is 0.361 e. The van der Waals surface area contributed by atoms with E-state index in [9.17, 15) is 0 Å². The molecule has 2 nitrogen and oxygen atoms in total. The molecule has 1 aromatic heterocycles. The van der Waals surface area contributed by atoms with Gasteiger partial charge in [0.25, 0.3) is 0 Å². The molecule has 0 saturated heterocycles. The van der Waals surface area contributed by atoms with Crippen LogP contribution in [0.15, 0.2) is 24.4 Å². The topological polar surface area (TPSA) is 41.8 Å². The summed E-state index contributed by atoms with van der Waals surface area (Å²) < 4.78 is 0. The van der Waals surface area contributed by atoms with E-state index < -0.39 is 0 Å². The highest BCUT2D eigenvalue weighted by Gasteiger charge is 2.09. The second-order valence-electron chi connectivity index (χ2n) is 3.93. The lowest BCUT2D eigenvalue weighted by molar-refractivity contribution is 0.780. The fraction of sp³-hybridized carbons (Fsp3) is 0.333. The lowest BCUT2D eigenvalue weighted by atomic mass is 10.00. The van der Waals surface area contributed by atoms with Crippen molar-refractivity contribution in [2.45, 2.75) is 19.8 Å². The molecule has 0 bridgehead atoms. The number of H-pyrrole nitrogens is 1. The number of aromatic nitrogens is 1. The molecule has 2 aromatic rings. The van der Waals surface area contributed by atoms with E-state index in [1.807, 2.05) is 0 Å². The summed E-state index contributed by atoms with van der Waals surface area (Å²) in [5.74, 6) is 0.422. The second-order valence-corrected chi connectivity index (χ2v) is 3.93. The molecule has 1 atom stereocenters. The number of hydrogen-bond donors (Lipinski definition) is 2. The van der Waals surface area contributed by atoms with Gasteiger partial charge >= 0.3 is 0 Å². The van der Waals surface area contributed by atoms with Crippen molar-refractivity contribution in [1.29, 1.82) is 0 Å². The average molecular weight is 188 g/mol. The zero-order valence-electron chi connectivity index (χ0n) is 8.67. The van der Waals surface area contributed by atoms with Crippen LogP contribution in [0.25, 0.3) is 10.9 Å². The van der Waals surface area contributed by atoms with Gasteiger partial charge in [-0.2, -0.15) is 0 Å². The fourth-order valence-corrected chi connectivity index (χ4v) is 1.79. The maximum Gasteiger partial charge on any atom is 0.0457 e. The van der Waals surface area contributed by atoms with Crippen LogP contribution in [0.3, 0.4) is 0 Å². The Bertz CT molecular complexity index is 443. The maximum absolute atomic E-state index is 5.68. The van der Waals surface area contributed by atoms with E-state index in [2.05, 4.69) is 43.2 Å². The summed E-state index contributed by atoms with van der Waals surface area (Å²) in [5.41, 5.74) is 9.50. The van der Waals surface area contributed by atoms with Gasteiger partial charge in [-0.05, 0) is 37.1 Å². The predicted octanol–water partition coefficient (Wildman–Crippen LogP) is 2.54. The molecule has 2 heteroatoms. The maximum atomic E-state index is 5.68. The number of hydrogen-bond acceptors (Lipinski definition) is 1. The normalized spacial score (nSPS) is 13.4. The van der Waals surface area contributed by atoms with Crippen LogP contribution in [0.4, 0.5) is 0 Å². The minimum Gasteiger partial charge on any atom is -0.361 e. The number of benzene rings is 1. The van der Waals surface area contributed by atoms with Crippen molar-refractivity contribution < 1.29 is 0 Å². The van der Waals surface area contributed by atoms with Gasteiger partial charge in [0.15, 0.2) is 0 Å². The number of nitrogens with one attached hydrogen (secondary N) is 1. The van der Waals surface area contributed by atoms with Crippen molar-refractivity contribution in [1.82, 2.24) is 4.98 Å². The molecule has 0 aliphatic carbocycles. The summed E-state index contributed by atoms with van der Waals surface area (Å²) in [4.78, 5) is 3.28. The van der Waals surface area contributed by atoms with Gasteiger partial charge < -0.3 is 10.7 Å². The van der Waals surface area contributed by atoms with Gasteiger partial charge in [-0.15, -0.1) is 0 Å². The Morgan fingerprint density at radius 2 is 2.21 bits per heavy atom. The zero-order valence-corrected chi connectivity index (χ0v) is 8.67. The molecule has 0 aliphatic rings. The Kier molecular flexibility index (Phi) is 2.30. The first-order valence-electron chi connectivity index (χ1n) is 5.00. The van der Waals surface area contributed by atoms with E-state index in [0.717, 1.165) is 0 Å². The molecule has 2 rings (SSSR count). The average Bonchev–Trinajstić information content (AvgIpc) is 2.59. The van der Waals surface area contributed by atoms with Gasteiger partial charge in [-0.1, -0.05) is 18.6 Å². The molecule has 1 unspecified atom stereocenters. The van der Waals surface area contributed by atoms with E-state index in [0.29, 0.717) is 12.5 Å². The lowest BCUT2D eigenvalue weighted by Crippen LogP contribution is -2.08. The van der Waals surface area contributed by atoms with E-state index in [1.165, 1.54) is 22.0 Å². The van der Waals surface area contributed by atoms with E-state index in [1.54, 1.807) is 0 Å². The van der Waals surface area contributed by atoms with Gasteiger partial charge in [-0.3, -0.25) is 0 Å². The van der Waals surface area contributed by atoms with Gasteiger partial charge in [0, 0.05) is 17.1 Å². The molecule has 0 aliphatic heterocycles. The summed E-state index contributed by atoms with van der Waals surface area (Å²) in [6.45, 7) is 4.97. The molecule has 0 spiro atoms.